The van der Waals surface area contributed by atoms with Crippen molar-refractivity contribution < 1.29 is 13.9 Å². The molecule has 1 saturated heterocycles. The molecule has 0 aromatic carbocycles. The van der Waals surface area contributed by atoms with Gasteiger partial charge in [-0.15, -0.1) is 0 Å². The van der Waals surface area contributed by atoms with Gasteiger partial charge in [0.1, 0.15) is 10.7 Å². The second-order valence-corrected chi connectivity index (χ2v) is 8.00. The lowest BCUT2D eigenvalue weighted by Gasteiger charge is -2.38. The molecule has 1 atom stereocenters. The van der Waals surface area contributed by atoms with Crippen LogP contribution in [0.25, 0.3) is 5.57 Å². The molecule has 0 bridgehead atoms. The van der Waals surface area contributed by atoms with E-state index in [1.54, 1.807) is 19.2 Å². The van der Waals surface area contributed by atoms with Gasteiger partial charge in [-0.2, -0.15) is 4.39 Å². The molecule has 1 amide bonds. The summed E-state index contributed by atoms with van der Waals surface area (Å²) >= 11 is 6.09. The summed E-state index contributed by atoms with van der Waals surface area (Å²) in [5, 5.41) is 2.96. The first-order valence-electron chi connectivity index (χ1n) is 10.3. The van der Waals surface area contributed by atoms with E-state index in [1.165, 1.54) is 12.6 Å². The van der Waals surface area contributed by atoms with E-state index in [1.807, 2.05) is 17.0 Å². The number of nitrogens with zero attached hydrogens (tertiary/aromatic N) is 4. The van der Waals surface area contributed by atoms with Crippen molar-refractivity contribution in [3.63, 3.8) is 0 Å². The van der Waals surface area contributed by atoms with E-state index >= 15 is 0 Å². The van der Waals surface area contributed by atoms with Gasteiger partial charge in [-0.3, -0.25) is 9.69 Å². The zero-order valence-corrected chi connectivity index (χ0v) is 18.3. The first-order chi connectivity index (χ1) is 15.0. The van der Waals surface area contributed by atoms with Crippen LogP contribution in [0.1, 0.15) is 29.0 Å². The lowest BCUT2D eigenvalue weighted by molar-refractivity contribution is 0.0957. The lowest BCUT2D eigenvalue weighted by Crippen LogP contribution is -2.49. The van der Waals surface area contributed by atoms with E-state index in [-0.39, 0.29) is 5.69 Å². The van der Waals surface area contributed by atoms with Crippen molar-refractivity contribution in [3.05, 3.63) is 52.7 Å². The van der Waals surface area contributed by atoms with Crippen LogP contribution in [0.15, 0.2) is 30.3 Å². The molecule has 31 heavy (non-hydrogen) atoms. The number of carbonyl (C=O) groups is 1. The molecule has 0 saturated carbocycles. The normalized spacial score (nSPS) is 19.3. The van der Waals surface area contributed by atoms with Gasteiger partial charge in [-0.05, 0) is 42.7 Å². The predicted octanol–water partition coefficient (Wildman–Crippen LogP) is 3.01. The molecule has 9 heteroatoms. The van der Waals surface area contributed by atoms with Gasteiger partial charge in [-0.25, -0.2) is 9.97 Å². The number of hydrogen-bond donors (Lipinski definition) is 1. The van der Waals surface area contributed by atoms with Gasteiger partial charge in [0, 0.05) is 39.3 Å². The molecule has 7 nitrogen and oxygen atoms in total. The van der Waals surface area contributed by atoms with Crippen molar-refractivity contribution in [2.75, 3.05) is 45.2 Å². The zero-order valence-electron chi connectivity index (χ0n) is 17.6. The van der Waals surface area contributed by atoms with Gasteiger partial charge < -0.3 is 15.0 Å². The molecule has 1 fully saturated rings. The van der Waals surface area contributed by atoms with E-state index in [0.717, 1.165) is 31.6 Å². The summed E-state index contributed by atoms with van der Waals surface area (Å²) in [6.45, 7) is 3.04. The number of methoxy groups -OCH3 is 1. The fraction of sp³-hybridized carbons (Fsp3) is 0.409. The third-order valence-corrected chi connectivity index (χ3v) is 6.14. The van der Waals surface area contributed by atoms with Crippen molar-refractivity contribution in [3.8, 4) is 5.88 Å². The highest BCUT2D eigenvalue weighted by molar-refractivity contribution is 6.31. The molecule has 3 heterocycles. The summed E-state index contributed by atoms with van der Waals surface area (Å²) in [5.74, 6) is -0.567. The fourth-order valence-corrected chi connectivity index (χ4v) is 4.34. The Morgan fingerprint density at radius 1 is 1.19 bits per heavy atom. The van der Waals surface area contributed by atoms with Crippen molar-refractivity contribution in [2.45, 2.75) is 18.9 Å². The molecule has 1 aliphatic heterocycles. The molecule has 4 rings (SSSR count). The molecule has 1 unspecified atom stereocenters. The maximum atomic E-state index is 14.5. The zero-order chi connectivity index (χ0) is 22.0. The molecular weight excluding hydrogens is 421 g/mol. The summed E-state index contributed by atoms with van der Waals surface area (Å²) in [5.41, 5.74) is 2.61. The quantitative estimate of drug-likeness (QED) is 0.713. The van der Waals surface area contributed by atoms with Crippen LogP contribution >= 0.6 is 11.6 Å². The van der Waals surface area contributed by atoms with Crippen LogP contribution in [-0.4, -0.2) is 67.2 Å². The summed E-state index contributed by atoms with van der Waals surface area (Å²) < 4.78 is 19.7. The highest BCUT2D eigenvalue weighted by atomic mass is 35.5. The molecular formula is C22H25ClFN5O2. The van der Waals surface area contributed by atoms with Crippen LogP contribution in [-0.2, 0) is 0 Å². The lowest BCUT2D eigenvalue weighted by atomic mass is 10.1. The Bertz CT molecular complexity index is 1010. The Morgan fingerprint density at radius 2 is 1.97 bits per heavy atom. The molecule has 0 radical (unpaired) electrons. The Kier molecular flexibility index (Phi) is 6.38. The van der Waals surface area contributed by atoms with Crippen LogP contribution in [0.2, 0.25) is 5.02 Å². The number of hydrogen-bond acceptors (Lipinski definition) is 6. The third kappa shape index (κ3) is 4.50. The van der Waals surface area contributed by atoms with Crippen molar-refractivity contribution in [1.82, 2.24) is 20.2 Å². The minimum absolute atomic E-state index is 0.0819. The maximum Gasteiger partial charge on any atom is 0.269 e. The molecule has 2 aromatic rings. The van der Waals surface area contributed by atoms with E-state index in [2.05, 4.69) is 26.3 Å². The highest BCUT2D eigenvalue weighted by Gasteiger charge is 2.28. The predicted molar refractivity (Wildman–Crippen MR) is 118 cm³/mol. The second-order valence-electron chi connectivity index (χ2n) is 7.59. The number of piperazine rings is 1. The Hall–Kier alpha value is -2.71. The Balaban J connectivity index is 1.40. The van der Waals surface area contributed by atoms with Crippen LogP contribution in [0.5, 0.6) is 5.88 Å². The summed E-state index contributed by atoms with van der Waals surface area (Å²) in [7, 11) is 3.06. The second kappa shape index (κ2) is 9.20. The maximum absolute atomic E-state index is 14.5. The summed E-state index contributed by atoms with van der Waals surface area (Å²) in [6.07, 6.45) is 4.24. The molecule has 0 spiro atoms. The number of carbonyl (C=O) groups excluding carboxylic acids is 1. The van der Waals surface area contributed by atoms with Crippen LogP contribution in [0.3, 0.4) is 0 Å². The van der Waals surface area contributed by atoms with Crippen LogP contribution in [0, 0.1) is 5.95 Å². The monoisotopic (exact) mass is 445 g/mol. The number of anilines is 1. The van der Waals surface area contributed by atoms with Gasteiger partial charge in [0.05, 0.1) is 18.5 Å². The molecule has 2 aromatic heterocycles. The largest absolute Gasteiger partial charge is 0.480 e. The first kappa shape index (κ1) is 21.5. The van der Waals surface area contributed by atoms with Gasteiger partial charge in [0.2, 0.25) is 11.8 Å². The minimum Gasteiger partial charge on any atom is -0.480 e. The molecule has 164 valence electrons. The van der Waals surface area contributed by atoms with Crippen LogP contribution in [0.4, 0.5) is 10.1 Å². The minimum atomic E-state index is -0.611. The number of nitrogens with one attached hydrogen (secondary N) is 1. The van der Waals surface area contributed by atoms with E-state index < -0.39 is 11.9 Å². The van der Waals surface area contributed by atoms with E-state index in [0.29, 0.717) is 35.7 Å². The van der Waals surface area contributed by atoms with Gasteiger partial charge in [-0.1, -0.05) is 17.7 Å². The average Bonchev–Trinajstić information content (AvgIpc) is 3.29. The number of rotatable bonds is 5. The first-order valence-corrected chi connectivity index (χ1v) is 10.7. The number of allylic oxidation sites excluding steroid dienone is 1. The SMILES string of the molecule is CNC(=O)c1ccc(N2CCN(C3C=C(c4ccc(Cl)c(OC)n4)CC3)CC2)c(F)n1. The smallest absolute Gasteiger partial charge is 0.269 e. The Morgan fingerprint density at radius 3 is 2.65 bits per heavy atom. The van der Waals surface area contributed by atoms with Gasteiger partial charge >= 0.3 is 0 Å². The fourth-order valence-electron chi connectivity index (χ4n) is 4.16. The van der Waals surface area contributed by atoms with Crippen molar-refractivity contribution in [2.24, 2.45) is 0 Å². The molecule has 1 aliphatic carbocycles. The number of aromatic nitrogens is 2. The van der Waals surface area contributed by atoms with Crippen molar-refractivity contribution >= 4 is 28.8 Å². The number of amides is 1. The summed E-state index contributed by atoms with van der Waals surface area (Å²) in [6, 6.07) is 7.26. The number of halogens is 2. The van der Waals surface area contributed by atoms with Gasteiger partial charge in [0.25, 0.3) is 5.91 Å². The number of ether oxygens (including phenoxy) is 1. The molecule has 2 aliphatic rings. The Labute approximate surface area is 185 Å². The highest BCUT2D eigenvalue weighted by Crippen LogP contribution is 2.33. The standard InChI is InChI=1S/C22H25ClFN5O2/c1-25-21(30)18-7-8-19(20(24)26-18)29-11-9-28(10-12-29)15-4-3-14(13-15)17-6-5-16(23)22(27-17)31-2/h5-8,13,15H,3-4,9-12H2,1-2H3,(H,25,30). The average molecular weight is 446 g/mol. The van der Waals surface area contributed by atoms with E-state index in [9.17, 15) is 9.18 Å². The molecule has 1 N–H and O–H groups in total. The number of pyridine rings is 2. The van der Waals surface area contributed by atoms with Crippen molar-refractivity contribution in [1.29, 1.82) is 0 Å². The summed E-state index contributed by atoms with van der Waals surface area (Å²) in [4.78, 5) is 24.4. The van der Waals surface area contributed by atoms with Gasteiger partial charge in [0.15, 0.2) is 0 Å². The third-order valence-electron chi connectivity index (χ3n) is 5.85. The van der Waals surface area contributed by atoms with E-state index in [4.69, 9.17) is 16.3 Å². The topological polar surface area (TPSA) is 70.6 Å². The van der Waals surface area contributed by atoms with Crippen LogP contribution < -0.4 is 15.0 Å².